The first-order valence-electron chi connectivity index (χ1n) is 10.4. The first kappa shape index (κ1) is 22.3. The van der Waals surface area contributed by atoms with Crippen molar-refractivity contribution in [1.29, 1.82) is 0 Å². The lowest BCUT2D eigenvalue weighted by molar-refractivity contribution is -0.137. The molecule has 0 aliphatic heterocycles. The molecule has 0 fully saturated rings. The molecule has 0 bridgehead atoms. The molecule has 4 rings (SSSR count). The molecule has 0 aliphatic carbocycles. The van der Waals surface area contributed by atoms with Crippen LogP contribution in [0.2, 0.25) is 0 Å². The SMILES string of the molecule is COc1cc(F)c(F)cc1-c1ccc(OCc2cccc3c2ccn3C(C)CC(=O)O)cc1. The molecule has 0 saturated carbocycles. The largest absolute Gasteiger partial charge is 0.496 e. The van der Waals surface area contributed by atoms with E-state index >= 15 is 0 Å². The Kier molecular flexibility index (Phi) is 6.31. The van der Waals surface area contributed by atoms with Gasteiger partial charge in [0.05, 0.1) is 13.5 Å². The molecule has 0 spiro atoms. The minimum absolute atomic E-state index is 0.0413. The summed E-state index contributed by atoms with van der Waals surface area (Å²) in [6.45, 7) is 2.20. The highest BCUT2D eigenvalue weighted by Gasteiger charge is 2.14. The molecule has 1 aromatic heterocycles. The number of rotatable bonds is 8. The van der Waals surface area contributed by atoms with E-state index in [0.29, 0.717) is 23.5 Å². The van der Waals surface area contributed by atoms with Crippen LogP contribution in [0.4, 0.5) is 8.78 Å². The molecule has 0 saturated heterocycles. The van der Waals surface area contributed by atoms with Gasteiger partial charge in [0.1, 0.15) is 18.1 Å². The minimum Gasteiger partial charge on any atom is -0.496 e. The second-order valence-electron chi connectivity index (χ2n) is 7.80. The van der Waals surface area contributed by atoms with Crippen molar-refractivity contribution in [2.45, 2.75) is 26.0 Å². The highest BCUT2D eigenvalue weighted by atomic mass is 19.2. The number of carboxylic acids is 1. The predicted octanol–water partition coefficient (Wildman–Crippen LogP) is 6.21. The maximum atomic E-state index is 13.7. The number of carbonyl (C=O) groups is 1. The number of aromatic nitrogens is 1. The average Bonchev–Trinajstić information content (AvgIpc) is 3.24. The van der Waals surface area contributed by atoms with Crippen LogP contribution >= 0.6 is 0 Å². The number of benzene rings is 3. The zero-order valence-electron chi connectivity index (χ0n) is 18.2. The van der Waals surface area contributed by atoms with Crippen molar-refractivity contribution in [2.24, 2.45) is 0 Å². The molecule has 0 amide bonds. The van der Waals surface area contributed by atoms with Gasteiger partial charge < -0.3 is 19.1 Å². The molecule has 33 heavy (non-hydrogen) atoms. The van der Waals surface area contributed by atoms with Crippen LogP contribution < -0.4 is 9.47 Å². The van der Waals surface area contributed by atoms with Gasteiger partial charge in [-0.3, -0.25) is 4.79 Å². The van der Waals surface area contributed by atoms with Crippen LogP contribution in [0.25, 0.3) is 22.0 Å². The third-order valence-electron chi connectivity index (χ3n) is 5.60. The summed E-state index contributed by atoms with van der Waals surface area (Å²) in [5.41, 5.74) is 3.04. The Hall–Kier alpha value is -3.87. The number of hydrogen-bond donors (Lipinski definition) is 1. The fourth-order valence-electron chi connectivity index (χ4n) is 3.93. The molecule has 5 nitrogen and oxygen atoms in total. The summed E-state index contributed by atoms with van der Waals surface area (Å²) in [5, 5.41) is 10.1. The molecule has 1 heterocycles. The lowest BCUT2D eigenvalue weighted by Gasteiger charge is -2.14. The number of halogens is 2. The molecule has 7 heteroatoms. The van der Waals surface area contributed by atoms with Crippen molar-refractivity contribution in [3.63, 3.8) is 0 Å². The maximum absolute atomic E-state index is 13.7. The van der Waals surface area contributed by atoms with Crippen LogP contribution in [0.3, 0.4) is 0 Å². The summed E-state index contributed by atoms with van der Waals surface area (Å²) in [4.78, 5) is 11.1. The molecule has 3 aromatic carbocycles. The quantitative estimate of drug-likeness (QED) is 0.346. The molecule has 1 atom stereocenters. The summed E-state index contributed by atoms with van der Waals surface area (Å²) >= 11 is 0. The monoisotopic (exact) mass is 451 g/mol. The van der Waals surface area contributed by atoms with E-state index in [1.807, 2.05) is 42.0 Å². The number of nitrogens with zero attached hydrogens (tertiary/aromatic N) is 1. The first-order chi connectivity index (χ1) is 15.9. The Balaban J connectivity index is 1.52. The van der Waals surface area contributed by atoms with E-state index in [0.717, 1.165) is 28.6 Å². The highest BCUT2D eigenvalue weighted by Crippen LogP contribution is 2.33. The lowest BCUT2D eigenvalue weighted by Crippen LogP contribution is -2.09. The number of methoxy groups -OCH3 is 1. The molecule has 170 valence electrons. The minimum atomic E-state index is -0.962. The standard InChI is InChI=1S/C26H23F2NO4/c1-16(12-26(30)31)29-11-10-20-18(4-3-5-24(20)29)15-33-19-8-6-17(7-9-19)21-13-22(27)23(28)14-25(21)32-2/h3-11,13-14,16H,12,15H2,1-2H3,(H,30,31). The van der Waals surface area contributed by atoms with Gasteiger partial charge >= 0.3 is 5.97 Å². The van der Waals surface area contributed by atoms with Gasteiger partial charge in [-0.05, 0) is 48.4 Å². The van der Waals surface area contributed by atoms with Crippen molar-refractivity contribution >= 4 is 16.9 Å². The van der Waals surface area contributed by atoms with Crippen LogP contribution in [-0.2, 0) is 11.4 Å². The number of aliphatic carboxylic acids is 1. The second kappa shape index (κ2) is 9.32. The van der Waals surface area contributed by atoms with Crippen molar-refractivity contribution < 1.29 is 28.2 Å². The van der Waals surface area contributed by atoms with E-state index in [2.05, 4.69) is 0 Å². The Morgan fingerprint density at radius 2 is 1.79 bits per heavy atom. The van der Waals surface area contributed by atoms with E-state index in [9.17, 15) is 13.6 Å². The van der Waals surface area contributed by atoms with Gasteiger partial charge in [0.2, 0.25) is 0 Å². The molecule has 4 aromatic rings. The van der Waals surface area contributed by atoms with Crippen molar-refractivity contribution in [2.75, 3.05) is 7.11 Å². The summed E-state index contributed by atoms with van der Waals surface area (Å²) < 4.78 is 40.3. The Morgan fingerprint density at radius 1 is 1.06 bits per heavy atom. The van der Waals surface area contributed by atoms with Gasteiger partial charge in [0, 0.05) is 34.8 Å². The van der Waals surface area contributed by atoms with Gasteiger partial charge in [-0.15, -0.1) is 0 Å². The van der Waals surface area contributed by atoms with Crippen LogP contribution in [0.1, 0.15) is 24.9 Å². The molecule has 1 unspecified atom stereocenters. The van der Waals surface area contributed by atoms with E-state index in [1.165, 1.54) is 7.11 Å². The smallest absolute Gasteiger partial charge is 0.305 e. The summed E-state index contributed by atoms with van der Waals surface area (Å²) in [6.07, 6.45) is 1.94. The highest BCUT2D eigenvalue weighted by molar-refractivity contribution is 5.84. The zero-order chi connectivity index (χ0) is 23.5. The van der Waals surface area contributed by atoms with Crippen molar-refractivity contribution in [1.82, 2.24) is 4.57 Å². The fraction of sp³-hybridized carbons (Fsp3) is 0.192. The van der Waals surface area contributed by atoms with E-state index in [1.54, 1.807) is 24.3 Å². The van der Waals surface area contributed by atoms with Crippen LogP contribution in [0, 0.1) is 11.6 Å². The number of carboxylic acid groups (broad SMARTS) is 1. The van der Waals surface area contributed by atoms with E-state index in [-0.39, 0.29) is 18.2 Å². The van der Waals surface area contributed by atoms with Crippen molar-refractivity contribution in [3.8, 4) is 22.6 Å². The molecular weight excluding hydrogens is 428 g/mol. The third kappa shape index (κ3) is 4.67. The van der Waals surface area contributed by atoms with Gasteiger partial charge in [-0.1, -0.05) is 24.3 Å². The maximum Gasteiger partial charge on any atom is 0.305 e. The molecule has 0 radical (unpaired) electrons. The second-order valence-corrected chi connectivity index (χ2v) is 7.80. The summed E-state index contributed by atoms with van der Waals surface area (Å²) in [6, 6.07) is 16.8. The number of fused-ring (bicyclic) bond motifs is 1. The number of hydrogen-bond acceptors (Lipinski definition) is 3. The van der Waals surface area contributed by atoms with Crippen LogP contribution in [-0.4, -0.2) is 22.8 Å². The molecule has 0 aliphatic rings. The van der Waals surface area contributed by atoms with Gasteiger partial charge in [-0.2, -0.15) is 0 Å². The molecular formula is C26H23F2NO4. The van der Waals surface area contributed by atoms with Crippen LogP contribution in [0.15, 0.2) is 66.9 Å². The fourth-order valence-corrected chi connectivity index (χ4v) is 3.93. The Bertz CT molecular complexity index is 1300. The topological polar surface area (TPSA) is 60.7 Å². The third-order valence-corrected chi connectivity index (χ3v) is 5.60. The average molecular weight is 451 g/mol. The lowest BCUT2D eigenvalue weighted by atomic mass is 10.0. The van der Waals surface area contributed by atoms with E-state index < -0.39 is 17.6 Å². The first-order valence-corrected chi connectivity index (χ1v) is 10.4. The summed E-state index contributed by atoms with van der Waals surface area (Å²) in [7, 11) is 1.41. The molecule has 1 N–H and O–H groups in total. The van der Waals surface area contributed by atoms with Gasteiger partial charge in [-0.25, -0.2) is 8.78 Å². The Morgan fingerprint density at radius 3 is 2.48 bits per heavy atom. The zero-order valence-corrected chi connectivity index (χ0v) is 18.2. The predicted molar refractivity (Wildman–Crippen MR) is 122 cm³/mol. The summed E-state index contributed by atoms with van der Waals surface area (Å²) in [5.74, 6) is -1.88. The van der Waals surface area contributed by atoms with Crippen molar-refractivity contribution in [3.05, 3.63) is 84.1 Å². The van der Waals surface area contributed by atoms with Gasteiger partial charge in [0.25, 0.3) is 0 Å². The van der Waals surface area contributed by atoms with Crippen LogP contribution in [0.5, 0.6) is 11.5 Å². The van der Waals surface area contributed by atoms with Gasteiger partial charge in [0.15, 0.2) is 11.6 Å². The normalized spacial score (nSPS) is 12.0. The Labute approximate surface area is 189 Å². The number of ether oxygens (including phenoxy) is 2. The van der Waals surface area contributed by atoms with E-state index in [4.69, 9.17) is 14.6 Å².